The van der Waals surface area contributed by atoms with Crippen LogP contribution in [0.2, 0.25) is 0 Å². The van der Waals surface area contributed by atoms with Crippen LogP contribution in [0.3, 0.4) is 0 Å². The summed E-state index contributed by atoms with van der Waals surface area (Å²) in [6.45, 7) is 7.11. The van der Waals surface area contributed by atoms with E-state index in [-0.39, 0.29) is 5.41 Å². The number of rotatable bonds is 3. The third-order valence-corrected chi connectivity index (χ3v) is 4.59. The molecule has 1 saturated carbocycles. The van der Waals surface area contributed by atoms with Gasteiger partial charge in [0.15, 0.2) is 0 Å². The molecule has 2 atom stereocenters. The standard InChI is InChI=1S/C11H19F3/c1-5-10(6-2)7-9(10,4)8(3)11(12,13)14/h8H,5-7H2,1-4H3. The van der Waals surface area contributed by atoms with Crippen LogP contribution in [0.15, 0.2) is 0 Å². The molecule has 0 nitrogen and oxygen atoms in total. The van der Waals surface area contributed by atoms with Gasteiger partial charge in [0.05, 0.1) is 5.92 Å². The number of halogens is 3. The number of hydrogen-bond donors (Lipinski definition) is 0. The molecule has 0 radical (unpaired) electrons. The van der Waals surface area contributed by atoms with Crippen molar-refractivity contribution >= 4 is 0 Å². The highest BCUT2D eigenvalue weighted by atomic mass is 19.4. The highest BCUT2D eigenvalue weighted by Crippen LogP contribution is 2.73. The van der Waals surface area contributed by atoms with Gasteiger partial charge in [-0.3, -0.25) is 0 Å². The first-order valence-electron chi connectivity index (χ1n) is 5.30. The minimum atomic E-state index is -4.04. The summed E-state index contributed by atoms with van der Waals surface area (Å²) >= 11 is 0. The van der Waals surface area contributed by atoms with E-state index in [1.807, 2.05) is 13.8 Å². The van der Waals surface area contributed by atoms with Crippen LogP contribution < -0.4 is 0 Å². The highest BCUT2D eigenvalue weighted by molar-refractivity contribution is 5.13. The largest absolute Gasteiger partial charge is 0.392 e. The van der Waals surface area contributed by atoms with E-state index in [9.17, 15) is 13.2 Å². The van der Waals surface area contributed by atoms with E-state index in [1.54, 1.807) is 6.92 Å². The van der Waals surface area contributed by atoms with Crippen LogP contribution in [0.25, 0.3) is 0 Å². The Labute approximate surface area is 83.9 Å². The Hall–Kier alpha value is -0.210. The van der Waals surface area contributed by atoms with Gasteiger partial charge < -0.3 is 0 Å². The summed E-state index contributed by atoms with van der Waals surface area (Å²) in [5.41, 5.74) is -0.573. The minimum absolute atomic E-state index is 0.0536. The SMILES string of the molecule is CCC1(CC)CC1(C)C(C)C(F)(F)F. The first-order chi connectivity index (χ1) is 6.23. The van der Waals surface area contributed by atoms with Crippen LogP contribution in [0, 0.1) is 16.7 Å². The Morgan fingerprint density at radius 1 is 1.21 bits per heavy atom. The highest BCUT2D eigenvalue weighted by Gasteiger charge is 2.68. The third-order valence-electron chi connectivity index (χ3n) is 4.59. The lowest BCUT2D eigenvalue weighted by atomic mass is 9.80. The normalized spacial score (nSPS) is 32.8. The maximum absolute atomic E-state index is 12.6. The molecule has 0 N–H and O–H groups in total. The van der Waals surface area contributed by atoms with Crippen LogP contribution in [-0.4, -0.2) is 6.18 Å². The van der Waals surface area contributed by atoms with Gasteiger partial charge in [0.25, 0.3) is 0 Å². The Kier molecular flexibility index (Phi) is 2.66. The molecule has 1 fully saturated rings. The fraction of sp³-hybridized carbons (Fsp3) is 1.00. The zero-order valence-corrected chi connectivity index (χ0v) is 9.33. The van der Waals surface area contributed by atoms with Gasteiger partial charge in [-0.15, -0.1) is 0 Å². The van der Waals surface area contributed by atoms with Gasteiger partial charge in [0.2, 0.25) is 0 Å². The van der Waals surface area contributed by atoms with Crippen molar-refractivity contribution in [2.45, 2.75) is 53.1 Å². The van der Waals surface area contributed by atoms with Crippen LogP contribution in [-0.2, 0) is 0 Å². The molecule has 0 aromatic carbocycles. The fourth-order valence-corrected chi connectivity index (χ4v) is 2.94. The summed E-state index contributed by atoms with van der Waals surface area (Å²) in [6, 6.07) is 0. The van der Waals surface area contributed by atoms with Crippen molar-refractivity contribution in [2.75, 3.05) is 0 Å². The topological polar surface area (TPSA) is 0 Å². The molecule has 0 bridgehead atoms. The maximum Gasteiger partial charge on any atom is 0.392 e. The van der Waals surface area contributed by atoms with E-state index in [0.717, 1.165) is 19.3 Å². The molecule has 0 spiro atoms. The second-order valence-corrected chi connectivity index (χ2v) is 4.84. The average molecular weight is 208 g/mol. The van der Waals surface area contributed by atoms with Crippen LogP contribution in [0.1, 0.15) is 47.0 Å². The van der Waals surface area contributed by atoms with E-state index in [1.165, 1.54) is 6.92 Å². The smallest absolute Gasteiger partial charge is 0.171 e. The van der Waals surface area contributed by atoms with Crippen LogP contribution >= 0.6 is 0 Å². The van der Waals surface area contributed by atoms with Gasteiger partial charge in [-0.2, -0.15) is 13.2 Å². The maximum atomic E-state index is 12.6. The monoisotopic (exact) mass is 208 g/mol. The molecule has 1 aliphatic carbocycles. The second-order valence-electron chi connectivity index (χ2n) is 4.84. The zero-order chi connectivity index (χ0) is 11.2. The van der Waals surface area contributed by atoms with Gasteiger partial charge in [-0.05, 0) is 30.1 Å². The van der Waals surface area contributed by atoms with Gasteiger partial charge >= 0.3 is 6.18 Å². The molecule has 0 heterocycles. The summed E-state index contributed by atoms with van der Waals surface area (Å²) in [5, 5.41) is 0. The second kappa shape index (κ2) is 3.14. The third kappa shape index (κ3) is 1.45. The number of hydrogen-bond acceptors (Lipinski definition) is 0. The van der Waals surface area contributed by atoms with Crippen molar-refractivity contribution in [1.29, 1.82) is 0 Å². The molecule has 1 rings (SSSR count). The summed E-state index contributed by atoms with van der Waals surface area (Å²) < 4.78 is 37.8. The lowest BCUT2D eigenvalue weighted by Crippen LogP contribution is -2.31. The molecule has 0 aromatic rings. The Bertz CT molecular complexity index is 215. The number of alkyl halides is 3. The zero-order valence-electron chi connectivity index (χ0n) is 9.33. The van der Waals surface area contributed by atoms with Crippen molar-refractivity contribution in [3.05, 3.63) is 0 Å². The Morgan fingerprint density at radius 2 is 1.64 bits per heavy atom. The van der Waals surface area contributed by atoms with Crippen molar-refractivity contribution < 1.29 is 13.2 Å². The van der Waals surface area contributed by atoms with E-state index in [4.69, 9.17) is 0 Å². The van der Waals surface area contributed by atoms with Gasteiger partial charge in [-0.1, -0.05) is 27.7 Å². The fourth-order valence-electron chi connectivity index (χ4n) is 2.94. The lowest BCUT2D eigenvalue weighted by Gasteiger charge is -2.28. The van der Waals surface area contributed by atoms with Crippen molar-refractivity contribution in [3.8, 4) is 0 Å². The predicted molar refractivity (Wildman–Crippen MR) is 51.0 cm³/mol. The molecule has 1 aliphatic rings. The molecule has 0 aliphatic heterocycles. The lowest BCUT2D eigenvalue weighted by molar-refractivity contribution is -0.190. The Balaban J connectivity index is 2.81. The molecule has 3 heteroatoms. The average Bonchev–Trinajstić information content (AvgIpc) is 2.71. The molecule has 2 unspecified atom stereocenters. The van der Waals surface area contributed by atoms with Crippen LogP contribution in [0.5, 0.6) is 0 Å². The Morgan fingerprint density at radius 3 is 1.86 bits per heavy atom. The van der Waals surface area contributed by atoms with E-state index in [2.05, 4.69) is 0 Å². The summed E-state index contributed by atoms with van der Waals surface area (Å²) in [4.78, 5) is 0. The van der Waals surface area contributed by atoms with Crippen molar-refractivity contribution in [2.24, 2.45) is 16.7 Å². The van der Waals surface area contributed by atoms with Gasteiger partial charge in [0.1, 0.15) is 0 Å². The van der Waals surface area contributed by atoms with E-state index < -0.39 is 17.5 Å². The molecule has 0 saturated heterocycles. The molecule has 0 amide bonds. The van der Waals surface area contributed by atoms with Gasteiger partial charge in [-0.25, -0.2) is 0 Å². The molecule has 0 aromatic heterocycles. The molecular weight excluding hydrogens is 189 g/mol. The van der Waals surface area contributed by atoms with Gasteiger partial charge in [0, 0.05) is 0 Å². The van der Waals surface area contributed by atoms with E-state index >= 15 is 0 Å². The van der Waals surface area contributed by atoms with Crippen molar-refractivity contribution in [3.63, 3.8) is 0 Å². The summed E-state index contributed by atoms with van der Waals surface area (Å²) in [5.74, 6) is -1.17. The summed E-state index contributed by atoms with van der Waals surface area (Å²) in [6.07, 6.45) is -1.59. The van der Waals surface area contributed by atoms with Crippen LogP contribution in [0.4, 0.5) is 13.2 Å². The molecule has 84 valence electrons. The molecule has 14 heavy (non-hydrogen) atoms. The molecular formula is C11H19F3. The van der Waals surface area contributed by atoms with Crippen molar-refractivity contribution in [1.82, 2.24) is 0 Å². The summed E-state index contributed by atoms with van der Waals surface area (Å²) in [7, 11) is 0. The predicted octanol–water partition coefficient (Wildman–Crippen LogP) is 4.40. The quantitative estimate of drug-likeness (QED) is 0.644. The first kappa shape index (κ1) is 11.9. The minimum Gasteiger partial charge on any atom is -0.171 e. The van der Waals surface area contributed by atoms with E-state index in [0.29, 0.717) is 0 Å². The first-order valence-corrected chi connectivity index (χ1v) is 5.30.